The van der Waals surface area contributed by atoms with Crippen LogP contribution in [-0.4, -0.2) is 36.6 Å². The van der Waals surface area contributed by atoms with Crippen LogP contribution < -0.4 is 5.32 Å². The summed E-state index contributed by atoms with van der Waals surface area (Å²) in [7, 11) is 0.466. The highest BCUT2D eigenvalue weighted by Crippen LogP contribution is 2.16. The Bertz CT molecular complexity index is 616. The number of rotatable bonds is 6. The average molecular weight is 338 g/mol. The van der Waals surface area contributed by atoms with Gasteiger partial charge >= 0.3 is 0 Å². The summed E-state index contributed by atoms with van der Waals surface area (Å²) in [5.41, 5.74) is 0.219. The molecule has 1 aromatic carbocycles. The SMILES string of the molecule is CC(CCS(C)=O)NC(=O)c1cccc(S(=O)(=O)Cl)c1. The van der Waals surface area contributed by atoms with E-state index in [9.17, 15) is 17.4 Å². The zero-order valence-electron chi connectivity index (χ0n) is 11.1. The molecule has 112 valence electrons. The van der Waals surface area contributed by atoms with Gasteiger partial charge in [0.2, 0.25) is 0 Å². The van der Waals surface area contributed by atoms with Crippen LogP contribution >= 0.6 is 10.7 Å². The van der Waals surface area contributed by atoms with Crippen molar-refractivity contribution in [2.45, 2.75) is 24.3 Å². The highest BCUT2D eigenvalue weighted by molar-refractivity contribution is 8.13. The minimum Gasteiger partial charge on any atom is -0.350 e. The van der Waals surface area contributed by atoms with Gasteiger partial charge in [0.15, 0.2) is 0 Å². The molecular weight excluding hydrogens is 322 g/mol. The number of carbonyl (C=O) groups excluding carboxylic acids is 1. The van der Waals surface area contributed by atoms with E-state index in [1.807, 2.05) is 0 Å². The molecule has 1 N–H and O–H groups in total. The van der Waals surface area contributed by atoms with Gasteiger partial charge in [-0.3, -0.25) is 9.00 Å². The van der Waals surface area contributed by atoms with Crippen molar-refractivity contribution < 1.29 is 17.4 Å². The lowest BCUT2D eigenvalue weighted by Gasteiger charge is -2.13. The van der Waals surface area contributed by atoms with E-state index < -0.39 is 19.9 Å². The molecule has 0 aliphatic heterocycles. The van der Waals surface area contributed by atoms with Gasteiger partial charge in [0, 0.05) is 45.1 Å². The molecule has 0 aromatic heterocycles. The summed E-state index contributed by atoms with van der Waals surface area (Å²) in [5.74, 6) is 0.110. The van der Waals surface area contributed by atoms with E-state index in [2.05, 4.69) is 5.32 Å². The van der Waals surface area contributed by atoms with Crippen molar-refractivity contribution in [2.24, 2.45) is 0 Å². The molecule has 1 aromatic rings. The Morgan fingerprint density at radius 3 is 2.65 bits per heavy atom. The van der Waals surface area contributed by atoms with E-state index in [-0.39, 0.29) is 22.4 Å². The van der Waals surface area contributed by atoms with Crippen LogP contribution in [0.5, 0.6) is 0 Å². The number of benzene rings is 1. The van der Waals surface area contributed by atoms with Crippen molar-refractivity contribution >= 4 is 36.4 Å². The molecule has 0 spiro atoms. The van der Waals surface area contributed by atoms with Gasteiger partial charge in [0.1, 0.15) is 0 Å². The predicted molar refractivity (Wildman–Crippen MR) is 80.0 cm³/mol. The first-order chi connectivity index (χ1) is 9.20. The highest BCUT2D eigenvalue weighted by Gasteiger charge is 2.14. The lowest BCUT2D eigenvalue weighted by atomic mass is 10.2. The van der Waals surface area contributed by atoms with E-state index in [0.29, 0.717) is 12.2 Å². The summed E-state index contributed by atoms with van der Waals surface area (Å²) < 4.78 is 33.4. The van der Waals surface area contributed by atoms with Gasteiger partial charge in [-0.25, -0.2) is 8.42 Å². The quantitative estimate of drug-likeness (QED) is 0.798. The smallest absolute Gasteiger partial charge is 0.261 e. The molecule has 0 saturated heterocycles. The molecule has 0 aliphatic rings. The Labute approximate surface area is 125 Å². The Morgan fingerprint density at radius 2 is 2.10 bits per heavy atom. The van der Waals surface area contributed by atoms with Crippen LogP contribution in [-0.2, 0) is 19.9 Å². The molecule has 0 aliphatic carbocycles. The summed E-state index contributed by atoms with van der Waals surface area (Å²) in [6, 6.07) is 5.36. The summed E-state index contributed by atoms with van der Waals surface area (Å²) in [6.45, 7) is 1.80. The first-order valence-electron chi connectivity index (χ1n) is 5.86. The molecule has 0 bridgehead atoms. The fourth-order valence-electron chi connectivity index (χ4n) is 1.51. The number of nitrogens with one attached hydrogen (secondary N) is 1. The maximum Gasteiger partial charge on any atom is 0.261 e. The fraction of sp³-hybridized carbons (Fsp3) is 0.417. The van der Waals surface area contributed by atoms with Gasteiger partial charge < -0.3 is 5.32 Å². The van der Waals surface area contributed by atoms with Gasteiger partial charge in [-0.15, -0.1) is 0 Å². The average Bonchev–Trinajstić information content (AvgIpc) is 2.35. The molecular formula is C12H16ClNO4S2. The molecule has 2 unspecified atom stereocenters. The van der Waals surface area contributed by atoms with E-state index in [1.165, 1.54) is 24.3 Å². The third-order valence-electron chi connectivity index (χ3n) is 2.59. The number of hydrogen-bond acceptors (Lipinski definition) is 4. The summed E-state index contributed by atoms with van der Waals surface area (Å²) in [6.07, 6.45) is 2.19. The molecule has 0 saturated carbocycles. The Hall–Kier alpha value is -0.920. The Balaban J connectivity index is 2.75. The van der Waals surface area contributed by atoms with Crippen molar-refractivity contribution in [1.82, 2.24) is 5.32 Å². The number of carbonyl (C=O) groups is 1. The fourth-order valence-corrected chi connectivity index (χ4v) is 2.99. The van der Waals surface area contributed by atoms with Crippen molar-refractivity contribution in [3.8, 4) is 0 Å². The first kappa shape index (κ1) is 17.1. The lowest BCUT2D eigenvalue weighted by Crippen LogP contribution is -2.33. The molecule has 8 heteroatoms. The van der Waals surface area contributed by atoms with Crippen molar-refractivity contribution in [3.05, 3.63) is 29.8 Å². The normalized spacial score (nSPS) is 14.6. The van der Waals surface area contributed by atoms with Crippen LogP contribution in [0, 0.1) is 0 Å². The summed E-state index contributed by atoms with van der Waals surface area (Å²) in [5, 5.41) is 2.72. The van der Waals surface area contributed by atoms with Gasteiger partial charge in [-0.1, -0.05) is 6.07 Å². The zero-order valence-corrected chi connectivity index (χ0v) is 13.5. The van der Waals surface area contributed by atoms with Crippen LogP contribution in [0.3, 0.4) is 0 Å². The molecule has 1 rings (SSSR count). The van der Waals surface area contributed by atoms with Crippen LogP contribution in [0.2, 0.25) is 0 Å². The minimum absolute atomic E-state index is 0.117. The van der Waals surface area contributed by atoms with Crippen LogP contribution in [0.25, 0.3) is 0 Å². The van der Waals surface area contributed by atoms with Crippen molar-refractivity contribution in [1.29, 1.82) is 0 Å². The maximum absolute atomic E-state index is 12.0. The van der Waals surface area contributed by atoms with Gasteiger partial charge in [-0.2, -0.15) is 0 Å². The second-order valence-electron chi connectivity index (χ2n) is 4.41. The Kier molecular flexibility index (Phi) is 6.16. The van der Waals surface area contributed by atoms with E-state index >= 15 is 0 Å². The lowest BCUT2D eigenvalue weighted by molar-refractivity contribution is 0.0939. The molecule has 1 amide bonds. The Morgan fingerprint density at radius 1 is 1.45 bits per heavy atom. The van der Waals surface area contributed by atoms with E-state index in [1.54, 1.807) is 13.2 Å². The summed E-state index contributed by atoms with van der Waals surface area (Å²) in [4.78, 5) is 11.8. The summed E-state index contributed by atoms with van der Waals surface area (Å²) >= 11 is 0. The predicted octanol–water partition coefficient (Wildman–Crippen LogP) is 1.50. The molecule has 5 nitrogen and oxygen atoms in total. The van der Waals surface area contributed by atoms with E-state index in [0.717, 1.165) is 0 Å². The molecule has 0 heterocycles. The molecule has 20 heavy (non-hydrogen) atoms. The molecule has 0 fully saturated rings. The standard InChI is InChI=1S/C12H16ClNO4S2/c1-9(6-7-19(2)16)14-12(15)10-4-3-5-11(8-10)20(13,17)18/h3-5,8-9H,6-7H2,1-2H3,(H,14,15). The first-order valence-corrected chi connectivity index (χ1v) is 9.89. The van der Waals surface area contributed by atoms with Crippen LogP contribution in [0.15, 0.2) is 29.2 Å². The zero-order chi connectivity index (χ0) is 15.3. The van der Waals surface area contributed by atoms with Crippen LogP contribution in [0.4, 0.5) is 0 Å². The number of amides is 1. The van der Waals surface area contributed by atoms with Crippen LogP contribution in [0.1, 0.15) is 23.7 Å². The van der Waals surface area contributed by atoms with Gasteiger partial charge in [0.25, 0.3) is 15.0 Å². The third kappa shape index (κ3) is 5.60. The minimum atomic E-state index is -3.86. The number of halogens is 1. The van der Waals surface area contributed by atoms with Gasteiger partial charge in [0.05, 0.1) is 4.90 Å². The molecule has 2 atom stereocenters. The maximum atomic E-state index is 12.0. The third-order valence-corrected chi connectivity index (χ3v) is 4.76. The topological polar surface area (TPSA) is 80.3 Å². The second kappa shape index (κ2) is 7.19. The monoisotopic (exact) mass is 337 g/mol. The second-order valence-corrected chi connectivity index (χ2v) is 8.53. The van der Waals surface area contributed by atoms with Crippen molar-refractivity contribution in [2.75, 3.05) is 12.0 Å². The van der Waals surface area contributed by atoms with E-state index in [4.69, 9.17) is 10.7 Å². The van der Waals surface area contributed by atoms with Crippen molar-refractivity contribution in [3.63, 3.8) is 0 Å². The molecule has 0 radical (unpaired) electrons. The largest absolute Gasteiger partial charge is 0.350 e. The number of hydrogen-bond donors (Lipinski definition) is 1. The van der Waals surface area contributed by atoms with Gasteiger partial charge in [-0.05, 0) is 31.5 Å². The highest BCUT2D eigenvalue weighted by atomic mass is 35.7.